The van der Waals surface area contributed by atoms with E-state index in [1.807, 2.05) is 0 Å². The van der Waals surface area contributed by atoms with E-state index >= 15 is 0 Å². The Kier molecular flexibility index (Phi) is 4.17. The van der Waals surface area contributed by atoms with Crippen LogP contribution in [-0.2, 0) is 11.3 Å². The molecule has 0 unspecified atom stereocenters. The molecule has 0 bridgehead atoms. The second-order valence-corrected chi connectivity index (χ2v) is 3.87. The molecule has 1 aromatic carbocycles. The van der Waals surface area contributed by atoms with Crippen molar-refractivity contribution in [2.45, 2.75) is 19.5 Å². The highest BCUT2D eigenvalue weighted by atomic mass is 16.6. The van der Waals surface area contributed by atoms with Crippen LogP contribution in [0.3, 0.4) is 0 Å². The van der Waals surface area contributed by atoms with Gasteiger partial charge in [-0.2, -0.15) is 0 Å². The number of carbonyl (C=O) groups is 1. The fraction of sp³-hybridized carbons (Fsp3) is 0.364. The maximum absolute atomic E-state index is 11.6. The molecule has 0 heterocycles. The van der Waals surface area contributed by atoms with Gasteiger partial charge in [-0.1, -0.05) is 18.2 Å². The normalized spacial score (nSPS) is 11.9. The number of amides is 1. The number of nitrogens with two attached hydrogens (primary N) is 1. The minimum Gasteiger partial charge on any atom is -0.340 e. The van der Waals surface area contributed by atoms with E-state index in [-0.39, 0.29) is 18.1 Å². The average Bonchev–Trinajstić information content (AvgIpc) is 2.28. The molecule has 92 valence electrons. The van der Waals surface area contributed by atoms with Crippen LogP contribution < -0.4 is 5.73 Å². The molecule has 1 aromatic rings. The fourth-order valence-electron chi connectivity index (χ4n) is 1.50. The van der Waals surface area contributed by atoms with E-state index < -0.39 is 11.0 Å². The number of hydrogen-bond acceptors (Lipinski definition) is 4. The minimum atomic E-state index is -0.609. The summed E-state index contributed by atoms with van der Waals surface area (Å²) in [5.41, 5.74) is 5.97. The summed E-state index contributed by atoms with van der Waals surface area (Å²) in [6.45, 7) is 1.76. The molecule has 1 atom stereocenters. The van der Waals surface area contributed by atoms with Gasteiger partial charge in [-0.3, -0.25) is 14.9 Å². The van der Waals surface area contributed by atoms with Gasteiger partial charge in [-0.05, 0) is 6.92 Å². The molecule has 6 heteroatoms. The number of carbonyl (C=O) groups excluding carboxylic acids is 1. The Morgan fingerprint density at radius 3 is 2.65 bits per heavy atom. The molecule has 0 aliphatic rings. The molecular weight excluding hydrogens is 222 g/mol. The Balaban J connectivity index is 2.88. The maximum Gasteiger partial charge on any atom is 0.274 e. The number of nitro benzene ring substituents is 1. The van der Waals surface area contributed by atoms with Crippen LogP contribution in [0.4, 0.5) is 5.69 Å². The first kappa shape index (κ1) is 13.1. The molecule has 0 saturated carbocycles. The zero-order chi connectivity index (χ0) is 13.0. The molecule has 0 aliphatic carbocycles. The summed E-state index contributed by atoms with van der Waals surface area (Å²) in [4.78, 5) is 23.3. The summed E-state index contributed by atoms with van der Waals surface area (Å²) in [7, 11) is 1.57. The smallest absolute Gasteiger partial charge is 0.274 e. The van der Waals surface area contributed by atoms with E-state index in [4.69, 9.17) is 5.73 Å². The number of nitrogens with zero attached hydrogens (tertiary/aromatic N) is 2. The van der Waals surface area contributed by atoms with Crippen molar-refractivity contribution < 1.29 is 9.72 Å². The summed E-state index contributed by atoms with van der Waals surface area (Å²) < 4.78 is 0. The van der Waals surface area contributed by atoms with Crippen LogP contribution in [0.15, 0.2) is 24.3 Å². The molecule has 0 aromatic heterocycles. The molecule has 6 nitrogen and oxygen atoms in total. The first-order chi connectivity index (χ1) is 7.93. The number of benzene rings is 1. The predicted octanol–water partition coefficient (Wildman–Crippen LogP) is 0.900. The lowest BCUT2D eigenvalue weighted by Crippen LogP contribution is -2.39. The van der Waals surface area contributed by atoms with Crippen LogP contribution in [0.25, 0.3) is 0 Å². The third-order valence-electron chi connectivity index (χ3n) is 2.36. The SMILES string of the molecule is C[C@@H](N)C(=O)N(C)Cc1ccccc1[N+](=O)[O-]. The lowest BCUT2D eigenvalue weighted by Gasteiger charge is -2.19. The van der Waals surface area contributed by atoms with Crippen molar-refractivity contribution in [2.75, 3.05) is 7.05 Å². The number of likely N-dealkylation sites (N-methyl/N-ethyl adjacent to an activating group) is 1. The lowest BCUT2D eigenvalue weighted by molar-refractivity contribution is -0.385. The summed E-state index contributed by atoms with van der Waals surface area (Å²) in [5, 5.41) is 10.8. The van der Waals surface area contributed by atoms with Crippen molar-refractivity contribution in [1.82, 2.24) is 4.90 Å². The molecule has 0 spiro atoms. The summed E-state index contributed by atoms with van der Waals surface area (Å²) in [6, 6.07) is 5.73. The Hall–Kier alpha value is -1.95. The Bertz CT molecular complexity index is 432. The first-order valence-corrected chi connectivity index (χ1v) is 5.16. The molecule has 2 N–H and O–H groups in total. The largest absolute Gasteiger partial charge is 0.340 e. The topological polar surface area (TPSA) is 89.5 Å². The number of hydrogen-bond donors (Lipinski definition) is 1. The van der Waals surface area contributed by atoms with Gasteiger partial charge in [-0.15, -0.1) is 0 Å². The van der Waals surface area contributed by atoms with Crippen molar-refractivity contribution in [3.05, 3.63) is 39.9 Å². The third kappa shape index (κ3) is 3.25. The fourth-order valence-corrected chi connectivity index (χ4v) is 1.50. The van der Waals surface area contributed by atoms with Gasteiger partial charge in [0.1, 0.15) is 0 Å². The van der Waals surface area contributed by atoms with E-state index in [0.29, 0.717) is 5.56 Å². The highest BCUT2D eigenvalue weighted by molar-refractivity contribution is 5.81. The van der Waals surface area contributed by atoms with E-state index in [0.717, 1.165) is 0 Å². The van der Waals surface area contributed by atoms with Crippen LogP contribution in [0.5, 0.6) is 0 Å². The maximum atomic E-state index is 11.6. The average molecular weight is 237 g/mol. The van der Waals surface area contributed by atoms with Crippen LogP contribution in [0, 0.1) is 10.1 Å². The van der Waals surface area contributed by atoms with Gasteiger partial charge in [0, 0.05) is 18.7 Å². The highest BCUT2D eigenvalue weighted by Crippen LogP contribution is 2.19. The van der Waals surface area contributed by atoms with Gasteiger partial charge in [0.2, 0.25) is 5.91 Å². The zero-order valence-electron chi connectivity index (χ0n) is 9.79. The molecule has 0 fully saturated rings. The van der Waals surface area contributed by atoms with Gasteiger partial charge in [-0.25, -0.2) is 0 Å². The standard InChI is InChI=1S/C11H15N3O3/c1-8(12)11(15)13(2)7-9-5-3-4-6-10(9)14(16)17/h3-6,8H,7,12H2,1-2H3/t8-/m1/s1. The van der Waals surface area contributed by atoms with Crippen molar-refractivity contribution >= 4 is 11.6 Å². The first-order valence-electron chi connectivity index (χ1n) is 5.16. The number of nitro groups is 1. The van der Waals surface area contributed by atoms with Crippen LogP contribution >= 0.6 is 0 Å². The van der Waals surface area contributed by atoms with E-state index in [1.165, 1.54) is 11.0 Å². The molecule has 0 radical (unpaired) electrons. The zero-order valence-corrected chi connectivity index (χ0v) is 9.79. The Morgan fingerprint density at radius 2 is 2.12 bits per heavy atom. The summed E-state index contributed by atoms with van der Waals surface area (Å²) in [6.07, 6.45) is 0. The minimum absolute atomic E-state index is 0.0109. The van der Waals surface area contributed by atoms with Crippen LogP contribution in [-0.4, -0.2) is 28.8 Å². The second kappa shape index (κ2) is 5.40. The summed E-state index contributed by atoms with van der Waals surface area (Å²) >= 11 is 0. The van der Waals surface area contributed by atoms with E-state index in [1.54, 1.807) is 32.2 Å². The molecule has 0 saturated heterocycles. The van der Waals surface area contributed by atoms with Gasteiger partial charge in [0.25, 0.3) is 5.69 Å². The number of para-hydroxylation sites is 1. The lowest BCUT2D eigenvalue weighted by atomic mass is 10.1. The Labute approximate surface area is 99.2 Å². The molecular formula is C11H15N3O3. The van der Waals surface area contributed by atoms with Crippen molar-refractivity contribution in [3.63, 3.8) is 0 Å². The predicted molar refractivity (Wildman–Crippen MR) is 63.2 cm³/mol. The second-order valence-electron chi connectivity index (χ2n) is 3.87. The highest BCUT2D eigenvalue weighted by Gasteiger charge is 2.18. The van der Waals surface area contributed by atoms with Gasteiger partial charge in [0.15, 0.2) is 0 Å². The van der Waals surface area contributed by atoms with Crippen molar-refractivity contribution in [1.29, 1.82) is 0 Å². The molecule has 0 aliphatic heterocycles. The van der Waals surface area contributed by atoms with Crippen molar-refractivity contribution in [3.8, 4) is 0 Å². The van der Waals surface area contributed by atoms with Gasteiger partial charge < -0.3 is 10.6 Å². The summed E-state index contributed by atoms with van der Waals surface area (Å²) in [5.74, 6) is -0.247. The monoisotopic (exact) mass is 237 g/mol. The van der Waals surface area contributed by atoms with Crippen LogP contribution in [0.1, 0.15) is 12.5 Å². The van der Waals surface area contributed by atoms with E-state index in [2.05, 4.69) is 0 Å². The van der Waals surface area contributed by atoms with Crippen LogP contribution in [0.2, 0.25) is 0 Å². The molecule has 1 amide bonds. The van der Waals surface area contributed by atoms with E-state index in [9.17, 15) is 14.9 Å². The number of rotatable bonds is 4. The third-order valence-corrected chi connectivity index (χ3v) is 2.36. The molecule has 1 rings (SSSR count). The van der Waals surface area contributed by atoms with Gasteiger partial charge >= 0.3 is 0 Å². The van der Waals surface area contributed by atoms with Gasteiger partial charge in [0.05, 0.1) is 17.5 Å². The molecule has 17 heavy (non-hydrogen) atoms. The Morgan fingerprint density at radius 1 is 1.53 bits per heavy atom. The quantitative estimate of drug-likeness (QED) is 0.622. The van der Waals surface area contributed by atoms with Crippen molar-refractivity contribution in [2.24, 2.45) is 5.73 Å².